The van der Waals surface area contributed by atoms with E-state index in [0.29, 0.717) is 0 Å². The molecule has 0 saturated carbocycles. The van der Waals surface area contributed by atoms with E-state index < -0.39 is 0 Å². The van der Waals surface area contributed by atoms with Gasteiger partial charge in [-0.15, -0.1) is 11.8 Å². The summed E-state index contributed by atoms with van der Waals surface area (Å²) in [6, 6.07) is 8.10. The average molecular weight is 271 g/mol. The Morgan fingerprint density at radius 1 is 1.24 bits per heavy atom. The minimum atomic E-state index is 0.828. The predicted octanol–water partition coefficient (Wildman–Crippen LogP) is 2.68. The zero-order valence-electron chi connectivity index (χ0n) is 10.2. The smallest absolute Gasteiger partial charge is 0.0417 e. The van der Waals surface area contributed by atoms with Gasteiger partial charge in [0.15, 0.2) is 0 Å². The molecule has 0 bridgehead atoms. The van der Waals surface area contributed by atoms with Crippen molar-refractivity contribution in [2.75, 3.05) is 45.5 Å². The molecule has 1 saturated heterocycles. The summed E-state index contributed by atoms with van der Waals surface area (Å²) in [6.07, 6.45) is 0. The molecule has 1 aliphatic heterocycles. The number of likely N-dealkylation sites (N-methyl/N-ethyl adjacent to an activating group) is 1. The summed E-state index contributed by atoms with van der Waals surface area (Å²) in [5.41, 5.74) is 0. The number of rotatable bonds is 4. The number of piperazine rings is 1. The highest BCUT2D eigenvalue weighted by Gasteiger charge is 2.12. The van der Waals surface area contributed by atoms with Crippen LogP contribution in [0.15, 0.2) is 29.2 Å². The van der Waals surface area contributed by atoms with Crippen molar-refractivity contribution >= 4 is 23.4 Å². The van der Waals surface area contributed by atoms with E-state index in [1.807, 2.05) is 30.0 Å². The number of benzene rings is 1. The van der Waals surface area contributed by atoms with Gasteiger partial charge in [-0.05, 0) is 25.2 Å². The highest BCUT2D eigenvalue weighted by atomic mass is 35.5. The Morgan fingerprint density at radius 3 is 2.71 bits per heavy atom. The van der Waals surface area contributed by atoms with E-state index in [9.17, 15) is 0 Å². The van der Waals surface area contributed by atoms with Crippen LogP contribution in [-0.4, -0.2) is 55.3 Å². The lowest BCUT2D eigenvalue weighted by Gasteiger charge is -2.32. The summed E-state index contributed by atoms with van der Waals surface area (Å²) >= 11 is 7.85. The van der Waals surface area contributed by atoms with Crippen LogP contribution in [0.2, 0.25) is 5.02 Å². The lowest BCUT2D eigenvalue weighted by molar-refractivity contribution is 0.161. The Morgan fingerprint density at radius 2 is 2.00 bits per heavy atom. The number of hydrogen-bond acceptors (Lipinski definition) is 3. The van der Waals surface area contributed by atoms with Crippen LogP contribution in [0.25, 0.3) is 0 Å². The Hall–Kier alpha value is -0.220. The number of hydrogen-bond donors (Lipinski definition) is 0. The molecule has 1 aromatic rings. The second-order valence-corrected chi connectivity index (χ2v) is 6.06. The zero-order valence-corrected chi connectivity index (χ0v) is 11.8. The second kappa shape index (κ2) is 6.64. The van der Waals surface area contributed by atoms with Crippen molar-refractivity contribution in [3.63, 3.8) is 0 Å². The van der Waals surface area contributed by atoms with Crippen LogP contribution in [0.1, 0.15) is 0 Å². The first-order chi connectivity index (χ1) is 8.24. The van der Waals surface area contributed by atoms with Crippen molar-refractivity contribution in [1.29, 1.82) is 0 Å². The first kappa shape index (κ1) is 13.2. The van der Waals surface area contributed by atoms with Gasteiger partial charge in [0.25, 0.3) is 0 Å². The molecule has 2 nitrogen and oxygen atoms in total. The summed E-state index contributed by atoms with van der Waals surface area (Å²) in [5.74, 6) is 1.14. The van der Waals surface area contributed by atoms with Crippen LogP contribution in [0, 0.1) is 0 Å². The van der Waals surface area contributed by atoms with E-state index >= 15 is 0 Å². The maximum atomic E-state index is 5.96. The summed E-state index contributed by atoms with van der Waals surface area (Å²) in [5, 5.41) is 0.828. The molecule has 0 atom stereocenters. The summed E-state index contributed by atoms with van der Waals surface area (Å²) in [4.78, 5) is 6.20. The molecule has 0 aliphatic carbocycles. The minimum absolute atomic E-state index is 0.828. The van der Waals surface area contributed by atoms with Crippen LogP contribution in [0.3, 0.4) is 0 Å². The molecule has 0 N–H and O–H groups in total. The molecule has 2 rings (SSSR count). The standard InChI is InChI=1S/C13H19ClN2S/c1-15-5-7-16(8-6-15)9-10-17-13-4-2-3-12(14)11-13/h2-4,11H,5-10H2,1H3. The maximum Gasteiger partial charge on any atom is 0.0417 e. The normalized spacial score (nSPS) is 18.5. The average Bonchev–Trinajstić information content (AvgIpc) is 2.32. The van der Waals surface area contributed by atoms with Gasteiger partial charge in [0.05, 0.1) is 0 Å². The van der Waals surface area contributed by atoms with Crippen LogP contribution in [0.4, 0.5) is 0 Å². The third-order valence-electron chi connectivity index (χ3n) is 3.07. The van der Waals surface area contributed by atoms with Gasteiger partial charge in [-0.2, -0.15) is 0 Å². The third kappa shape index (κ3) is 4.51. The van der Waals surface area contributed by atoms with Gasteiger partial charge in [-0.1, -0.05) is 17.7 Å². The molecule has 1 fully saturated rings. The molecule has 0 radical (unpaired) electrons. The monoisotopic (exact) mass is 270 g/mol. The Kier molecular flexibility index (Phi) is 5.16. The third-order valence-corrected chi connectivity index (χ3v) is 4.28. The molecule has 0 spiro atoms. The Balaban J connectivity index is 1.69. The van der Waals surface area contributed by atoms with Gasteiger partial charge in [0.1, 0.15) is 0 Å². The van der Waals surface area contributed by atoms with Gasteiger partial charge >= 0.3 is 0 Å². The number of halogens is 1. The lowest BCUT2D eigenvalue weighted by atomic mass is 10.3. The summed E-state index contributed by atoms with van der Waals surface area (Å²) in [6.45, 7) is 5.97. The largest absolute Gasteiger partial charge is 0.304 e. The fraction of sp³-hybridized carbons (Fsp3) is 0.538. The van der Waals surface area contributed by atoms with E-state index in [-0.39, 0.29) is 0 Å². The van der Waals surface area contributed by atoms with E-state index in [1.165, 1.54) is 37.6 Å². The molecular weight excluding hydrogens is 252 g/mol. The minimum Gasteiger partial charge on any atom is -0.304 e. The van der Waals surface area contributed by atoms with Crippen molar-refractivity contribution in [3.05, 3.63) is 29.3 Å². The van der Waals surface area contributed by atoms with Crippen LogP contribution < -0.4 is 0 Å². The quantitative estimate of drug-likeness (QED) is 0.777. The second-order valence-electron chi connectivity index (χ2n) is 4.45. The summed E-state index contributed by atoms with van der Waals surface area (Å²) in [7, 11) is 2.19. The maximum absolute atomic E-state index is 5.96. The highest BCUT2D eigenvalue weighted by Crippen LogP contribution is 2.21. The van der Waals surface area contributed by atoms with Crippen LogP contribution in [0.5, 0.6) is 0 Å². The molecule has 1 aliphatic rings. The molecule has 4 heteroatoms. The topological polar surface area (TPSA) is 6.48 Å². The van der Waals surface area contributed by atoms with E-state index in [0.717, 1.165) is 10.8 Å². The van der Waals surface area contributed by atoms with E-state index in [1.54, 1.807) is 0 Å². The molecule has 1 heterocycles. The van der Waals surface area contributed by atoms with E-state index in [4.69, 9.17) is 11.6 Å². The fourth-order valence-electron chi connectivity index (χ4n) is 1.92. The molecule has 17 heavy (non-hydrogen) atoms. The van der Waals surface area contributed by atoms with Crippen LogP contribution >= 0.6 is 23.4 Å². The first-order valence-electron chi connectivity index (χ1n) is 6.03. The highest BCUT2D eigenvalue weighted by molar-refractivity contribution is 7.99. The zero-order chi connectivity index (χ0) is 12.1. The summed E-state index contributed by atoms with van der Waals surface area (Å²) < 4.78 is 0. The van der Waals surface area contributed by atoms with Gasteiger partial charge in [-0.3, -0.25) is 4.90 Å². The first-order valence-corrected chi connectivity index (χ1v) is 7.40. The van der Waals surface area contributed by atoms with Gasteiger partial charge in [-0.25, -0.2) is 0 Å². The van der Waals surface area contributed by atoms with Gasteiger partial charge in [0.2, 0.25) is 0 Å². The molecule has 0 amide bonds. The Labute approximate surface area is 113 Å². The molecule has 1 aromatic carbocycles. The molecule has 94 valence electrons. The Bertz CT molecular complexity index is 351. The molecule has 0 aromatic heterocycles. The lowest BCUT2D eigenvalue weighted by Crippen LogP contribution is -2.45. The van der Waals surface area contributed by atoms with Crippen molar-refractivity contribution < 1.29 is 0 Å². The van der Waals surface area contributed by atoms with Crippen molar-refractivity contribution in [2.45, 2.75) is 4.90 Å². The van der Waals surface area contributed by atoms with Gasteiger partial charge < -0.3 is 4.90 Å². The molecule has 0 unspecified atom stereocenters. The fourth-order valence-corrected chi connectivity index (χ4v) is 3.15. The predicted molar refractivity (Wildman–Crippen MR) is 76.1 cm³/mol. The SMILES string of the molecule is CN1CCN(CCSc2cccc(Cl)c2)CC1. The van der Waals surface area contributed by atoms with Gasteiger partial charge in [0, 0.05) is 48.4 Å². The van der Waals surface area contributed by atoms with E-state index in [2.05, 4.69) is 22.9 Å². The number of nitrogens with zero attached hydrogens (tertiary/aromatic N) is 2. The van der Waals surface area contributed by atoms with Crippen molar-refractivity contribution in [2.24, 2.45) is 0 Å². The molecular formula is C13H19ClN2S. The van der Waals surface area contributed by atoms with Crippen molar-refractivity contribution in [3.8, 4) is 0 Å². The number of thioether (sulfide) groups is 1. The van der Waals surface area contributed by atoms with Crippen LogP contribution in [-0.2, 0) is 0 Å². The van der Waals surface area contributed by atoms with Crippen molar-refractivity contribution in [1.82, 2.24) is 9.80 Å².